The molecule has 0 saturated heterocycles. The van der Waals surface area contributed by atoms with Crippen LogP contribution in [-0.4, -0.2) is 21.2 Å². The summed E-state index contributed by atoms with van der Waals surface area (Å²) in [4.78, 5) is 30.3. The molecule has 1 aromatic carbocycles. The number of aromatic nitrogens is 2. The number of hydrogen-bond acceptors (Lipinski definition) is 5. The molecule has 0 fully saturated rings. The smallest absolute Gasteiger partial charge is 0.325 e. The molecule has 0 spiro atoms. The zero-order valence-corrected chi connectivity index (χ0v) is 17.6. The van der Waals surface area contributed by atoms with Crippen LogP contribution < -0.4 is 11.0 Å². The van der Waals surface area contributed by atoms with E-state index in [0.29, 0.717) is 11.6 Å². The van der Waals surface area contributed by atoms with E-state index >= 15 is 0 Å². The van der Waals surface area contributed by atoms with Gasteiger partial charge in [-0.3, -0.25) is 9.36 Å². The molecule has 1 aliphatic rings. The summed E-state index contributed by atoms with van der Waals surface area (Å²) in [7, 11) is 0. The Morgan fingerprint density at radius 1 is 1.20 bits per heavy atom. The lowest BCUT2D eigenvalue weighted by atomic mass is 9.97. The zero-order chi connectivity index (χ0) is 21.1. The van der Waals surface area contributed by atoms with Crippen molar-refractivity contribution >= 4 is 34.7 Å². The number of nitrogens with zero attached hydrogens (tertiary/aromatic N) is 2. The molecule has 0 saturated carbocycles. The monoisotopic (exact) mass is 447 g/mol. The molecule has 0 bridgehead atoms. The van der Waals surface area contributed by atoms with E-state index in [-0.39, 0.29) is 23.0 Å². The quantitative estimate of drug-likeness (QED) is 0.454. The van der Waals surface area contributed by atoms with Crippen LogP contribution in [0.15, 0.2) is 45.5 Å². The Kier molecular flexibility index (Phi) is 6.29. The molecule has 2 aromatic heterocycles. The SMILES string of the molecule is O=C(CSc1nc(=O)n(Cc2cccs2)c2c1CCCC2)Nc1ccc(F)c(F)c1. The molecule has 9 heteroatoms. The second kappa shape index (κ2) is 9.09. The van der Waals surface area contributed by atoms with Gasteiger partial charge in [-0.25, -0.2) is 13.6 Å². The Labute approximate surface area is 180 Å². The van der Waals surface area contributed by atoms with Crippen LogP contribution in [0.5, 0.6) is 0 Å². The van der Waals surface area contributed by atoms with Gasteiger partial charge in [0, 0.05) is 27.9 Å². The Bertz CT molecular complexity index is 1130. The maximum absolute atomic E-state index is 13.3. The fourth-order valence-corrected chi connectivity index (χ4v) is 5.06. The lowest BCUT2D eigenvalue weighted by Gasteiger charge is -2.22. The number of rotatable bonds is 6. The van der Waals surface area contributed by atoms with Crippen molar-refractivity contribution in [2.45, 2.75) is 37.3 Å². The van der Waals surface area contributed by atoms with E-state index in [4.69, 9.17) is 0 Å². The number of amides is 1. The average Bonchev–Trinajstić information content (AvgIpc) is 3.25. The van der Waals surface area contributed by atoms with Gasteiger partial charge >= 0.3 is 5.69 Å². The van der Waals surface area contributed by atoms with E-state index in [9.17, 15) is 18.4 Å². The molecule has 0 aliphatic heterocycles. The van der Waals surface area contributed by atoms with Gasteiger partial charge in [0.1, 0.15) is 5.03 Å². The fourth-order valence-electron chi connectivity index (χ4n) is 3.49. The lowest BCUT2D eigenvalue weighted by molar-refractivity contribution is -0.113. The molecule has 0 atom stereocenters. The minimum absolute atomic E-state index is 0.0206. The third-order valence-electron chi connectivity index (χ3n) is 4.89. The number of carbonyl (C=O) groups excluding carboxylic acids is 1. The molecule has 0 radical (unpaired) electrons. The van der Waals surface area contributed by atoms with Gasteiger partial charge in [-0.15, -0.1) is 11.3 Å². The summed E-state index contributed by atoms with van der Waals surface area (Å²) < 4.78 is 28.1. The highest BCUT2D eigenvalue weighted by atomic mass is 32.2. The van der Waals surface area contributed by atoms with Crippen molar-refractivity contribution in [2.24, 2.45) is 0 Å². The fraction of sp³-hybridized carbons (Fsp3) is 0.286. The van der Waals surface area contributed by atoms with E-state index in [2.05, 4.69) is 10.3 Å². The number of anilines is 1. The Hall–Kier alpha value is -2.52. The summed E-state index contributed by atoms with van der Waals surface area (Å²) in [5.41, 5.74) is 1.90. The van der Waals surface area contributed by atoms with Crippen molar-refractivity contribution < 1.29 is 13.6 Å². The summed E-state index contributed by atoms with van der Waals surface area (Å²) in [6.07, 6.45) is 3.66. The molecular formula is C21H19F2N3O2S2. The second-order valence-corrected chi connectivity index (χ2v) is 8.96. The highest BCUT2D eigenvalue weighted by molar-refractivity contribution is 8.00. The van der Waals surface area contributed by atoms with Crippen LogP contribution in [0.25, 0.3) is 0 Å². The number of nitrogens with one attached hydrogen (secondary N) is 1. The van der Waals surface area contributed by atoms with Gasteiger partial charge in [-0.2, -0.15) is 4.98 Å². The number of benzene rings is 1. The molecule has 5 nitrogen and oxygen atoms in total. The summed E-state index contributed by atoms with van der Waals surface area (Å²) in [6, 6.07) is 7.15. The van der Waals surface area contributed by atoms with Crippen LogP contribution in [-0.2, 0) is 24.2 Å². The number of fused-ring (bicyclic) bond motifs is 1. The van der Waals surface area contributed by atoms with Crippen LogP contribution in [0.1, 0.15) is 29.0 Å². The second-order valence-electron chi connectivity index (χ2n) is 6.96. The summed E-state index contributed by atoms with van der Waals surface area (Å²) in [6.45, 7) is 0.507. The van der Waals surface area contributed by atoms with Gasteiger partial charge in [-0.05, 0) is 49.3 Å². The summed E-state index contributed by atoms with van der Waals surface area (Å²) >= 11 is 2.80. The first-order chi connectivity index (χ1) is 14.5. The van der Waals surface area contributed by atoms with Gasteiger partial charge in [0.25, 0.3) is 0 Å². The van der Waals surface area contributed by atoms with E-state index in [1.807, 2.05) is 17.5 Å². The molecule has 156 valence electrons. The van der Waals surface area contributed by atoms with Crippen molar-refractivity contribution in [3.63, 3.8) is 0 Å². The normalized spacial score (nSPS) is 13.1. The maximum Gasteiger partial charge on any atom is 0.349 e. The van der Waals surface area contributed by atoms with Crippen molar-refractivity contribution in [2.75, 3.05) is 11.1 Å². The van der Waals surface area contributed by atoms with E-state index < -0.39 is 11.6 Å². The van der Waals surface area contributed by atoms with Crippen LogP contribution in [0.4, 0.5) is 14.5 Å². The summed E-state index contributed by atoms with van der Waals surface area (Å²) in [5, 5.41) is 5.10. The van der Waals surface area contributed by atoms with Crippen LogP contribution in [0.2, 0.25) is 0 Å². The van der Waals surface area contributed by atoms with E-state index in [0.717, 1.165) is 54.0 Å². The van der Waals surface area contributed by atoms with Crippen molar-refractivity contribution in [3.8, 4) is 0 Å². The standard InChI is InChI=1S/C21H19F2N3O2S2/c22-16-8-7-13(10-17(16)23)24-19(27)12-30-20-15-5-1-2-6-18(15)26(21(28)25-20)11-14-4-3-9-29-14/h3-4,7-10H,1-2,5-6,11-12H2,(H,24,27). The highest BCUT2D eigenvalue weighted by Crippen LogP contribution is 2.29. The molecule has 1 N–H and O–H groups in total. The minimum Gasteiger partial charge on any atom is -0.325 e. The zero-order valence-electron chi connectivity index (χ0n) is 16.0. The summed E-state index contributed by atoms with van der Waals surface area (Å²) in [5.74, 6) is -2.35. The molecule has 0 unspecified atom stereocenters. The van der Waals surface area contributed by atoms with Gasteiger partial charge < -0.3 is 5.32 Å². The molecule has 1 amide bonds. The minimum atomic E-state index is -1.02. The molecule has 4 rings (SSSR count). The number of hydrogen-bond donors (Lipinski definition) is 1. The number of carbonyl (C=O) groups is 1. The van der Waals surface area contributed by atoms with Gasteiger partial charge in [-0.1, -0.05) is 17.8 Å². The Morgan fingerprint density at radius 3 is 2.80 bits per heavy atom. The van der Waals surface area contributed by atoms with Crippen molar-refractivity contribution in [3.05, 3.63) is 74.0 Å². The molecule has 2 heterocycles. The number of thioether (sulfide) groups is 1. The van der Waals surface area contributed by atoms with Crippen molar-refractivity contribution in [1.82, 2.24) is 9.55 Å². The lowest BCUT2D eigenvalue weighted by Crippen LogP contribution is -2.30. The highest BCUT2D eigenvalue weighted by Gasteiger charge is 2.21. The average molecular weight is 448 g/mol. The third kappa shape index (κ3) is 4.62. The Morgan fingerprint density at radius 2 is 2.03 bits per heavy atom. The topological polar surface area (TPSA) is 64.0 Å². The largest absolute Gasteiger partial charge is 0.349 e. The van der Waals surface area contributed by atoms with E-state index in [1.165, 1.54) is 17.8 Å². The molecular weight excluding hydrogens is 428 g/mol. The van der Waals surface area contributed by atoms with E-state index in [1.54, 1.807) is 15.9 Å². The first kappa shape index (κ1) is 20.7. The van der Waals surface area contributed by atoms with Crippen LogP contribution in [0.3, 0.4) is 0 Å². The molecule has 3 aromatic rings. The predicted octanol–water partition coefficient (Wildman–Crippen LogP) is 4.24. The van der Waals surface area contributed by atoms with Gasteiger partial charge in [0.2, 0.25) is 5.91 Å². The maximum atomic E-state index is 13.3. The molecule has 30 heavy (non-hydrogen) atoms. The van der Waals surface area contributed by atoms with Crippen molar-refractivity contribution in [1.29, 1.82) is 0 Å². The third-order valence-corrected chi connectivity index (χ3v) is 6.77. The predicted molar refractivity (Wildman–Crippen MR) is 114 cm³/mol. The Balaban J connectivity index is 1.51. The van der Waals surface area contributed by atoms with Crippen LogP contribution in [0, 0.1) is 11.6 Å². The number of halogens is 2. The van der Waals surface area contributed by atoms with Gasteiger partial charge in [0.15, 0.2) is 11.6 Å². The first-order valence-corrected chi connectivity index (χ1v) is 11.4. The number of thiophene rings is 1. The first-order valence-electron chi connectivity index (χ1n) is 9.54. The van der Waals surface area contributed by atoms with Crippen LogP contribution >= 0.6 is 23.1 Å². The molecule has 1 aliphatic carbocycles. The van der Waals surface area contributed by atoms with Gasteiger partial charge in [0.05, 0.1) is 12.3 Å².